The zero-order chi connectivity index (χ0) is 19.1. The van der Waals surface area contributed by atoms with Gasteiger partial charge in [0.2, 0.25) is 0 Å². The normalized spacial score (nSPS) is 15.4. The molecular formula is C17H16N2O6S. The number of anilines is 2. The number of carbonyl (C=O) groups is 2. The van der Waals surface area contributed by atoms with Gasteiger partial charge < -0.3 is 9.47 Å². The lowest BCUT2D eigenvalue weighted by Gasteiger charge is -2.34. The maximum Gasteiger partial charge on any atom is 0.342 e. The third kappa shape index (κ3) is 2.66. The van der Waals surface area contributed by atoms with Crippen LogP contribution in [0.25, 0.3) is 0 Å². The van der Waals surface area contributed by atoms with E-state index in [4.69, 9.17) is 4.74 Å². The summed E-state index contributed by atoms with van der Waals surface area (Å²) in [6.07, 6.45) is 0. The summed E-state index contributed by atoms with van der Waals surface area (Å²) in [6.45, 7) is 0. The van der Waals surface area contributed by atoms with E-state index in [-0.39, 0.29) is 21.8 Å². The Morgan fingerprint density at radius 1 is 1.04 bits per heavy atom. The van der Waals surface area contributed by atoms with Gasteiger partial charge in [-0.25, -0.2) is 18.0 Å². The van der Waals surface area contributed by atoms with E-state index in [2.05, 4.69) is 4.74 Å². The van der Waals surface area contributed by atoms with Crippen molar-refractivity contribution in [3.05, 3.63) is 48.0 Å². The molecule has 1 aliphatic heterocycles. The fraction of sp³-hybridized carbons (Fsp3) is 0.176. The molecule has 0 aliphatic carbocycles. The van der Waals surface area contributed by atoms with Gasteiger partial charge >= 0.3 is 12.0 Å². The summed E-state index contributed by atoms with van der Waals surface area (Å²) in [7, 11) is 0.0655. The second-order valence-electron chi connectivity index (χ2n) is 5.48. The van der Waals surface area contributed by atoms with Gasteiger partial charge in [0.15, 0.2) is 0 Å². The van der Waals surface area contributed by atoms with E-state index >= 15 is 0 Å². The van der Waals surface area contributed by atoms with Gasteiger partial charge in [0, 0.05) is 13.1 Å². The average molecular weight is 376 g/mol. The monoisotopic (exact) mass is 376 g/mol. The molecule has 2 amide bonds. The van der Waals surface area contributed by atoms with E-state index in [1.807, 2.05) is 0 Å². The Kier molecular flexibility index (Phi) is 4.33. The molecule has 1 heterocycles. The highest BCUT2D eigenvalue weighted by Gasteiger charge is 2.41. The molecule has 0 radical (unpaired) electrons. The van der Waals surface area contributed by atoms with Crippen molar-refractivity contribution in [3.8, 4) is 5.75 Å². The van der Waals surface area contributed by atoms with Gasteiger partial charge in [0.1, 0.15) is 10.6 Å². The van der Waals surface area contributed by atoms with Gasteiger partial charge in [0.25, 0.3) is 10.0 Å². The fourth-order valence-electron chi connectivity index (χ4n) is 2.64. The second kappa shape index (κ2) is 6.34. The number of benzene rings is 2. The van der Waals surface area contributed by atoms with Crippen molar-refractivity contribution in [2.45, 2.75) is 4.90 Å². The first-order valence-electron chi connectivity index (χ1n) is 7.50. The van der Waals surface area contributed by atoms with Crippen LogP contribution in [-0.2, 0) is 14.8 Å². The summed E-state index contributed by atoms with van der Waals surface area (Å²) in [4.78, 5) is 25.5. The molecule has 3 rings (SSSR count). The summed E-state index contributed by atoms with van der Waals surface area (Å²) >= 11 is 0. The molecule has 9 heteroatoms. The molecule has 1 aliphatic rings. The quantitative estimate of drug-likeness (QED) is 0.763. The van der Waals surface area contributed by atoms with Crippen LogP contribution in [0.4, 0.5) is 16.2 Å². The minimum Gasteiger partial charge on any atom is -0.497 e. The summed E-state index contributed by atoms with van der Waals surface area (Å²) < 4.78 is 36.4. The number of ether oxygens (including phenoxy) is 2. The number of hydrogen-bond donors (Lipinski definition) is 0. The van der Waals surface area contributed by atoms with Crippen LogP contribution >= 0.6 is 0 Å². The van der Waals surface area contributed by atoms with E-state index in [1.165, 1.54) is 68.6 Å². The van der Waals surface area contributed by atoms with Gasteiger partial charge in [-0.3, -0.25) is 4.90 Å². The highest BCUT2D eigenvalue weighted by molar-refractivity contribution is 7.94. The number of nitrogens with zero attached hydrogens (tertiary/aromatic N) is 2. The second-order valence-corrected chi connectivity index (χ2v) is 7.24. The van der Waals surface area contributed by atoms with Crippen molar-refractivity contribution >= 4 is 33.4 Å². The van der Waals surface area contributed by atoms with Gasteiger partial charge in [-0.1, -0.05) is 0 Å². The largest absolute Gasteiger partial charge is 0.497 e. The molecule has 8 nitrogen and oxygen atoms in total. The van der Waals surface area contributed by atoms with Gasteiger partial charge in [-0.05, 0) is 36.4 Å². The molecule has 0 bridgehead atoms. The Morgan fingerprint density at radius 2 is 1.69 bits per heavy atom. The standard InChI is InChI=1S/C17H16N2O6S/c1-18-14-10-13(24-2)8-9-15(14)26(22,23)19(17(18)21)12-6-4-11(5-7-12)16(20)25-3/h4-10H,1-3H3. The van der Waals surface area contributed by atoms with E-state index in [9.17, 15) is 18.0 Å². The summed E-state index contributed by atoms with van der Waals surface area (Å²) in [5.74, 6) is -0.117. The van der Waals surface area contributed by atoms with Gasteiger partial charge in [0.05, 0.1) is 31.2 Å². The zero-order valence-electron chi connectivity index (χ0n) is 14.3. The van der Waals surface area contributed by atoms with E-state index in [0.29, 0.717) is 10.1 Å². The Balaban J connectivity index is 2.11. The number of esters is 1. The van der Waals surface area contributed by atoms with Crippen LogP contribution in [0.15, 0.2) is 47.4 Å². The number of fused-ring (bicyclic) bond motifs is 1. The molecule has 0 N–H and O–H groups in total. The van der Waals surface area contributed by atoms with E-state index < -0.39 is 22.0 Å². The van der Waals surface area contributed by atoms with Crippen molar-refractivity contribution in [1.29, 1.82) is 0 Å². The van der Waals surface area contributed by atoms with E-state index in [1.54, 1.807) is 0 Å². The number of methoxy groups -OCH3 is 2. The first-order valence-corrected chi connectivity index (χ1v) is 8.94. The molecule has 2 aromatic carbocycles. The third-order valence-electron chi connectivity index (χ3n) is 4.03. The third-order valence-corrected chi connectivity index (χ3v) is 5.78. The minimum absolute atomic E-state index is 0.0163. The molecule has 0 aromatic heterocycles. The Hall–Kier alpha value is -3.07. The SMILES string of the molecule is COC(=O)c1ccc(N2C(=O)N(C)c3cc(OC)ccc3S2(=O)=O)cc1. The first kappa shape index (κ1) is 17.7. The van der Waals surface area contributed by atoms with Crippen molar-refractivity contribution in [2.75, 3.05) is 30.5 Å². The van der Waals surface area contributed by atoms with Crippen LogP contribution in [0, 0.1) is 0 Å². The van der Waals surface area contributed by atoms with Crippen LogP contribution in [0.2, 0.25) is 0 Å². The topological polar surface area (TPSA) is 93.2 Å². The molecule has 0 fully saturated rings. The van der Waals surface area contributed by atoms with Crippen LogP contribution in [0.5, 0.6) is 5.75 Å². The molecule has 0 atom stereocenters. The summed E-state index contributed by atoms with van der Waals surface area (Å²) in [6, 6.07) is 9.20. The van der Waals surface area contributed by atoms with Crippen LogP contribution in [0.3, 0.4) is 0 Å². The molecule has 26 heavy (non-hydrogen) atoms. The number of hydrogen-bond acceptors (Lipinski definition) is 6. The van der Waals surface area contributed by atoms with Crippen LogP contribution in [-0.4, -0.2) is 41.7 Å². The minimum atomic E-state index is -4.11. The van der Waals surface area contributed by atoms with Crippen molar-refractivity contribution in [3.63, 3.8) is 0 Å². The average Bonchev–Trinajstić information content (AvgIpc) is 2.65. The Labute approximate surface area is 150 Å². The molecule has 136 valence electrons. The number of amides is 2. The maximum atomic E-state index is 13.0. The lowest BCUT2D eigenvalue weighted by atomic mass is 10.2. The van der Waals surface area contributed by atoms with Crippen molar-refractivity contribution in [2.24, 2.45) is 0 Å². The zero-order valence-corrected chi connectivity index (χ0v) is 15.1. The summed E-state index contributed by atoms with van der Waals surface area (Å²) in [5.41, 5.74) is 0.601. The molecule has 0 saturated heterocycles. The predicted octanol–water partition coefficient (Wildman–Crippen LogP) is 2.25. The summed E-state index contributed by atoms with van der Waals surface area (Å²) in [5, 5.41) is 0. The van der Waals surface area contributed by atoms with Gasteiger partial charge in [-0.2, -0.15) is 4.31 Å². The number of sulfonamides is 1. The fourth-order valence-corrected chi connectivity index (χ4v) is 4.27. The highest BCUT2D eigenvalue weighted by atomic mass is 32.2. The smallest absolute Gasteiger partial charge is 0.342 e. The predicted molar refractivity (Wildman–Crippen MR) is 94.2 cm³/mol. The van der Waals surface area contributed by atoms with Crippen LogP contribution < -0.4 is 13.9 Å². The molecule has 0 spiro atoms. The number of urea groups is 1. The van der Waals surface area contributed by atoms with Gasteiger partial charge in [-0.15, -0.1) is 0 Å². The lowest BCUT2D eigenvalue weighted by molar-refractivity contribution is 0.0600. The number of rotatable bonds is 3. The Morgan fingerprint density at radius 3 is 2.27 bits per heavy atom. The highest BCUT2D eigenvalue weighted by Crippen LogP contribution is 2.38. The van der Waals surface area contributed by atoms with Crippen molar-refractivity contribution in [1.82, 2.24) is 0 Å². The molecule has 0 saturated carbocycles. The van der Waals surface area contributed by atoms with Crippen molar-refractivity contribution < 1.29 is 27.5 Å². The molecular weight excluding hydrogens is 360 g/mol. The van der Waals surface area contributed by atoms with E-state index in [0.717, 1.165) is 0 Å². The first-order chi connectivity index (χ1) is 12.3. The Bertz CT molecular complexity index is 985. The van der Waals surface area contributed by atoms with Crippen LogP contribution in [0.1, 0.15) is 10.4 Å². The lowest BCUT2D eigenvalue weighted by Crippen LogP contribution is -2.49. The molecule has 2 aromatic rings. The number of carbonyl (C=O) groups excluding carboxylic acids is 2. The molecule has 0 unspecified atom stereocenters. The maximum absolute atomic E-state index is 13.0.